The molecule has 1 rings (SSSR count). The molecule has 0 saturated heterocycles. The van der Waals surface area contributed by atoms with Gasteiger partial charge >= 0.3 is 5.97 Å². The van der Waals surface area contributed by atoms with E-state index in [1.165, 1.54) is 0 Å². The van der Waals surface area contributed by atoms with E-state index in [0.29, 0.717) is 12.8 Å². The Balaban J connectivity index is 0.00000225. The van der Waals surface area contributed by atoms with E-state index in [0.717, 1.165) is 12.2 Å². The predicted molar refractivity (Wildman–Crippen MR) is 57.1 cm³/mol. The fraction of sp³-hybridized carbons (Fsp3) is 0.455. The summed E-state index contributed by atoms with van der Waals surface area (Å²) in [4.78, 5) is 13.9. The highest BCUT2D eigenvalue weighted by molar-refractivity contribution is 5.69. The number of halogens is 1. The second-order valence-electron chi connectivity index (χ2n) is 3.48. The first-order valence-electron chi connectivity index (χ1n) is 5.11. The number of hydrogen-bond donors (Lipinski definition) is 2. The molecule has 0 amide bonds. The Morgan fingerprint density at radius 2 is 2.44 bits per heavy atom. The number of H-pyrrole nitrogens is 1. The van der Waals surface area contributed by atoms with Gasteiger partial charge in [-0.15, -0.1) is 0 Å². The van der Waals surface area contributed by atoms with Gasteiger partial charge in [0.2, 0.25) is 0 Å². The zero-order valence-corrected chi connectivity index (χ0v) is 10.9. The summed E-state index contributed by atoms with van der Waals surface area (Å²) in [6.07, 6.45) is 7.44. The van der Waals surface area contributed by atoms with Crippen molar-refractivity contribution in [2.75, 3.05) is 0 Å². The van der Waals surface area contributed by atoms with Crippen LogP contribution < -0.4 is 21.5 Å². The fourth-order valence-corrected chi connectivity index (χ4v) is 1.56. The SMILES string of the molecule is C=C[n+]1cc[nH]c1CCC(CC)C(=O)O.[Br-]. The third-order valence-corrected chi connectivity index (χ3v) is 2.57. The lowest BCUT2D eigenvalue weighted by Crippen LogP contribution is -3.00. The molecule has 2 N–H and O–H groups in total. The molecule has 16 heavy (non-hydrogen) atoms. The fourth-order valence-electron chi connectivity index (χ4n) is 1.56. The lowest BCUT2D eigenvalue weighted by Gasteiger charge is -2.06. The molecule has 1 aromatic heterocycles. The van der Waals surface area contributed by atoms with Gasteiger partial charge in [0.1, 0.15) is 12.4 Å². The Bertz CT molecular complexity index is 350. The van der Waals surface area contributed by atoms with E-state index in [9.17, 15) is 4.79 Å². The zero-order chi connectivity index (χ0) is 11.3. The van der Waals surface area contributed by atoms with Gasteiger partial charge in [0, 0.05) is 0 Å². The summed E-state index contributed by atoms with van der Waals surface area (Å²) >= 11 is 0. The van der Waals surface area contributed by atoms with E-state index in [2.05, 4.69) is 11.6 Å². The van der Waals surface area contributed by atoms with Gasteiger partial charge < -0.3 is 22.1 Å². The minimum atomic E-state index is -0.714. The number of rotatable bonds is 6. The van der Waals surface area contributed by atoms with Crippen LogP contribution in [-0.2, 0) is 11.2 Å². The van der Waals surface area contributed by atoms with Crippen LogP contribution in [0.25, 0.3) is 6.20 Å². The molecule has 90 valence electrons. The number of carboxylic acids is 1. The molecule has 4 nitrogen and oxygen atoms in total. The standard InChI is InChI=1S/C11H16N2O2.BrH/c1-3-9(11(14)15)5-6-10-12-7-8-13(10)4-2;/h4,7-9H,2-3,5-6H2,1H3,(H,14,15);1H. The molecular formula is C11H17BrN2O2. The summed E-state index contributed by atoms with van der Waals surface area (Å²) < 4.78 is 1.87. The largest absolute Gasteiger partial charge is 1.00 e. The van der Waals surface area contributed by atoms with E-state index >= 15 is 0 Å². The summed E-state index contributed by atoms with van der Waals surface area (Å²) in [6, 6.07) is 0. The van der Waals surface area contributed by atoms with Crippen molar-refractivity contribution in [2.45, 2.75) is 26.2 Å². The van der Waals surface area contributed by atoms with Crippen LogP contribution in [0, 0.1) is 5.92 Å². The maximum Gasteiger partial charge on any atom is 0.306 e. The molecule has 0 aliphatic rings. The van der Waals surface area contributed by atoms with Gasteiger partial charge in [0.25, 0.3) is 5.82 Å². The molecule has 1 aromatic rings. The van der Waals surface area contributed by atoms with Crippen LogP contribution in [0.4, 0.5) is 0 Å². The highest BCUT2D eigenvalue weighted by atomic mass is 79.9. The summed E-state index contributed by atoms with van der Waals surface area (Å²) in [7, 11) is 0. The average molecular weight is 289 g/mol. The lowest BCUT2D eigenvalue weighted by molar-refractivity contribution is -0.575. The van der Waals surface area contributed by atoms with Crippen molar-refractivity contribution in [1.82, 2.24) is 4.98 Å². The van der Waals surface area contributed by atoms with Crippen molar-refractivity contribution in [1.29, 1.82) is 0 Å². The van der Waals surface area contributed by atoms with Gasteiger partial charge in [0.05, 0.1) is 18.5 Å². The number of aromatic amines is 1. The Labute approximate surface area is 106 Å². The molecule has 5 heteroatoms. The van der Waals surface area contributed by atoms with Crippen LogP contribution in [-0.4, -0.2) is 16.1 Å². The smallest absolute Gasteiger partial charge is 0.306 e. The minimum absolute atomic E-state index is 0. The van der Waals surface area contributed by atoms with Gasteiger partial charge in [0.15, 0.2) is 0 Å². The maximum absolute atomic E-state index is 10.8. The molecule has 0 aliphatic heterocycles. The highest BCUT2D eigenvalue weighted by Gasteiger charge is 2.17. The number of hydrogen-bond acceptors (Lipinski definition) is 1. The summed E-state index contributed by atoms with van der Waals surface area (Å²) in [5, 5.41) is 8.89. The van der Waals surface area contributed by atoms with E-state index in [4.69, 9.17) is 5.11 Å². The molecule has 0 radical (unpaired) electrons. The quantitative estimate of drug-likeness (QED) is 0.623. The number of aromatic nitrogens is 2. The number of aryl methyl sites for hydroxylation is 1. The molecule has 0 aromatic carbocycles. The molecule has 1 atom stereocenters. The van der Waals surface area contributed by atoms with E-state index in [1.54, 1.807) is 6.20 Å². The predicted octanol–water partition coefficient (Wildman–Crippen LogP) is -1.55. The average Bonchev–Trinajstić information content (AvgIpc) is 2.65. The van der Waals surface area contributed by atoms with Gasteiger partial charge in [-0.25, -0.2) is 9.55 Å². The van der Waals surface area contributed by atoms with E-state index in [1.807, 2.05) is 23.9 Å². The Morgan fingerprint density at radius 3 is 2.94 bits per heavy atom. The van der Waals surface area contributed by atoms with Crippen molar-refractivity contribution >= 4 is 12.2 Å². The van der Waals surface area contributed by atoms with Gasteiger partial charge in [-0.3, -0.25) is 4.79 Å². The lowest BCUT2D eigenvalue weighted by atomic mass is 10.0. The van der Waals surface area contributed by atoms with Gasteiger partial charge in [-0.2, -0.15) is 0 Å². The van der Waals surface area contributed by atoms with Crippen LogP contribution in [0.3, 0.4) is 0 Å². The zero-order valence-electron chi connectivity index (χ0n) is 9.32. The topological polar surface area (TPSA) is 57.0 Å². The molecule has 1 unspecified atom stereocenters. The first-order chi connectivity index (χ1) is 7.19. The van der Waals surface area contributed by atoms with Crippen LogP contribution in [0.15, 0.2) is 19.0 Å². The van der Waals surface area contributed by atoms with Crippen molar-refractivity contribution in [3.63, 3.8) is 0 Å². The number of carboxylic acid groups (broad SMARTS) is 1. The van der Waals surface area contributed by atoms with Crippen molar-refractivity contribution in [2.24, 2.45) is 5.92 Å². The first kappa shape index (κ1) is 14.9. The molecule has 0 bridgehead atoms. The number of nitrogens with zero attached hydrogens (tertiary/aromatic N) is 1. The number of nitrogens with one attached hydrogen (secondary N) is 1. The van der Waals surface area contributed by atoms with Crippen LogP contribution in [0.1, 0.15) is 25.6 Å². The third-order valence-electron chi connectivity index (χ3n) is 2.57. The Kier molecular flexibility index (Phi) is 6.72. The monoisotopic (exact) mass is 288 g/mol. The highest BCUT2D eigenvalue weighted by Crippen LogP contribution is 2.10. The number of carbonyl (C=O) groups is 1. The molecule has 1 heterocycles. The van der Waals surface area contributed by atoms with Crippen molar-refractivity contribution in [3.05, 3.63) is 24.8 Å². The van der Waals surface area contributed by atoms with Crippen molar-refractivity contribution in [3.8, 4) is 0 Å². The molecule has 0 spiro atoms. The second-order valence-corrected chi connectivity index (χ2v) is 3.48. The Morgan fingerprint density at radius 1 is 1.75 bits per heavy atom. The summed E-state index contributed by atoms with van der Waals surface area (Å²) in [5.41, 5.74) is 0. The van der Waals surface area contributed by atoms with Crippen LogP contribution in [0.5, 0.6) is 0 Å². The second kappa shape index (κ2) is 7.22. The van der Waals surface area contributed by atoms with Crippen LogP contribution >= 0.6 is 0 Å². The molecule has 0 saturated carbocycles. The van der Waals surface area contributed by atoms with E-state index < -0.39 is 5.97 Å². The summed E-state index contributed by atoms with van der Waals surface area (Å²) in [5.74, 6) is 0.0190. The first-order valence-corrected chi connectivity index (χ1v) is 5.11. The summed E-state index contributed by atoms with van der Waals surface area (Å²) in [6.45, 7) is 5.57. The van der Waals surface area contributed by atoms with Gasteiger partial charge in [-0.05, 0) is 12.8 Å². The Hall–Kier alpha value is -1.10. The minimum Gasteiger partial charge on any atom is -1.00 e. The molecular weight excluding hydrogens is 272 g/mol. The number of aliphatic carboxylic acids is 1. The maximum atomic E-state index is 10.8. The van der Waals surface area contributed by atoms with Crippen molar-refractivity contribution < 1.29 is 31.4 Å². The number of imidazole rings is 1. The van der Waals surface area contributed by atoms with Gasteiger partial charge in [-0.1, -0.05) is 13.5 Å². The van der Waals surface area contributed by atoms with Crippen LogP contribution in [0.2, 0.25) is 0 Å². The molecule has 0 fully saturated rings. The van der Waals surface area contributed by atoms with E-state index in [-0.39, 0.29) is 22.9 Å². The molecule has 0 aliphatic carbocycles. The third kappa shape index (κ3) is 3.81. The normalized spacial score (nSPS) is 11.6.